The normalized spacial score (nSPS) is 14.2. The molecule has 1 aliphatic rings. The van der Waals surface area contributed by atoms with Crippen molar-refractivity contribution in [3.8, 4) is 0 Å². The van der Waals surface area contributed by atoms with E-state index in [9.17, 15) is 9.59 Å². The van der Waals surface area contributed by atoms with Crippen LogP contribution in [0.1, 0.15) is 24.2 Å². The molecule has 9 heteroatoms. The summed E-state index contributed by atoms with van der Waals surface area (Å²) in [6.07, 6.45) is 1.49. The Morgan fingerprint density at radius 2 is 2.07 bits per heavy atom. The van der Waals surface area contributed by atoms with E-state index in [1.807, 2.05) is 11.8 Å². The SMILES string of the molecule is CCn1nnc2c(N3CC(C(=O)Nc4cccc(C(C)=O)c4)C3)ncnc21. The van der Waals surface area contributed by atoms with Gasteiger partial charge in [0, 0.05) is 30.9 Å². The lowest BCUT2D eigenvalue weighted by molar-refractivity contribution is -0.120. The van der Waals surface area contributed by atoms with Crippen LogP contribution in [0.5, 0.6) is 0 Å². The molecule has 4 rings (SSSR count). The first kappa shape index (κ1) is 17.1. The first-order valence-corrected chi connectivity index (χ1v) is 8.78. The first-order chi connectivity index (χ1) is 13.1. The van der Waals surface area contributed by atoms with Crippen LogP contribution in [0, 0.1) is 5.92 Å². The molecule has 1 aromatic carbocycles. The smallest absolute Gasteiger partial charge is 0.231 e. The number of aromatic nitrogens is 5. The lowest BCUT2D eigenvalue weighted by Crippen LogP contribution is -2.52. The van der Waals surface area contributed by atoms with Crippen LogP contribution in [-0.2, 0) is 11.3 Å². The number of aryl methyl sites for hydroxylation is 1. The summed E-state index contributed by atoms with van der Waals surface area (Å²) in [5, 5.41) is 11.1. The van der Waals surface area contributed by atoms with Gasteiger partial charge in [0.25, 0.3) is 0 Å². The third-order valence-corrected chi connectivity index (χ3v) is 4.67. The quantitative estimate of drug-likeness (QED) is 0.683. The fourth-order valence-corrected chi connectivity index (χ4v) is 3.10. The molecule has 27 heavy (non-hydrogen) atoms. The van der Waals surface area contributed by atoms with Crippen LogP contribution in [0.25, 0.3) is 11.2 Å². The van der Waals surface area contributed by atoms with Crippen LogP contribution < -0.4 is 10.2 Å². The number of amides is 1. The molecule has 1 N–H and O–H groups in total. The summed E-state index contributed by atoms with van der Waals surface area (Å²) in [7, 11) is 0. The molecule has 2 aromatic heterocycles. The molecular formula is C18H19N7O2. The molecule has 3 aromatic rings. The van der Waals surface area contributed by atoms with Gasteiger partial charge in [0.1, 0.15) is 6.33 Å². The van der Waals surface area contributed by atoms with Gasteiger partial charge in [-0.1, -0.05) is 17.3 Å². The number of benzene rings is 1. The highest BCUT2D eigenvalue weighted by molar-refractivity contribution is 5.98. The highest BCUT2D eigenvalue weighted by Crippen LogP contribution is 2.28. The van der Waals surface area contributed by atoms with Crippen molar-refractivity contribution in [2.75, 3.05) is 23.3 Å². The van der Waals surface area contributed by atoms with Crippen molar-refractivity contribution in [2.45, 2.75) is 20.4 Å². The van der Waals surface area contributed by atoms with Crippen LogP contribution in [-0.4, -0.2) is 49.7 Å². The zero-order valence-corrected chi connectivity index (χ0v) is 15.1. The molecule has 138 valence electrons. The van der Waals surface area contributed by atoms with E-state index in [2.05, 4.69) is 25.6 Å². The number of nitrogens with zero attached hydrogens (tertiary/aromatic N) is 6. The summed E-state index contributed by atoms with van der Waals surface area (Å²) in [6.45, 7) is 5.24. The minimum absolute atomic E-state index is 0.0335. The van der Waals surface area contributed by atoms with Gasteiger partial charge >= 0.3 is 0 Å². The maximum absolute atomic E-state index is 12.5. The fraction of sp³-hybridized carbons (Fsp3) is 0.333. The average molecular weight is 365 g/mol. The van der Waals surface area contributed by atoms with Crippen LogP contribution >= 0.6 is 0 Å². The van der Waals surface area contributed by atoms with E-state index < -0.39 is 0 Å². The number of rotatable bonds is 5. The Bertz CT molecular complexity index is 1020. The van der Waals surface area contributed by atoms with Gasteiger partial charge < -0.3 is 10.2 Å². The molecule has 0 aliphatic carbocycles. The number of anilines is 2. The maximum Gasteiger partial charge on any atom is 0.231 e. The Morgan fingerprint density at radius 3 is 2.81 bits per heavy atom. The second kappa shape index (κ2) is 6.75. The van der Waals surface area contributed by atoms with Crippen LogP contribution in [0.2, 0.25) is 0 Å². The van der Waals surface area contributed by atoms with E-state index in [1.54, 1.807) is 28.9 Å². The molecule has 1 aliphatic heterocycles. The van der Waals surface area contributed by atoms with Crippen molar-refractivity contribution >= 4 is 34.4 Å². The Kier molecular flexibility index (Phi) is 4.27. The second-order valence-electron chi connectivity index (χ2n) is 6.50. The molecular weight excluding hydrogens is 346 g/mol. The van der Waals surface area contributed by atoms with Crippen molar-refractivity contribution in [1.82, 2.24) is 25.0 Å². The molecule has 0 atom stereocenters. The predicted octanol–water partition coefficient (Wildman–Crippen LogP) is 1.52. The lowest BCUT2D eigenvalue weighted by Gasteiger charge is -2.38. The summed E-state index contributed by atoms with van der Waals surface area (Å²) in [6, 6.07) is 6.95. The minimum Gasteiger partial charge on any atom is -0.353 e. The Balaban J connectivity index is 1.44. The molecule has 1 saturated heterocycles. The van der Waals surface area contributed by atoms with Crippen LogP contribution in [0.15, 0.2) is 30.6 Å². The summed E-state index contributed by atoms with van der Waals surface area (Å²) in [4.78, 5) is 34.5. The number of carbonyl (C=O) groups excluding carboxylic acids is 2. The third kappa shape index (κ3) is 3.12. The van der Waals surface area contributed by atoms with Gasteiger partial charge in [0.05, 0.1) is 5.92 Å². The van der Waals surface area contributed by atoms with E-state index in [0.717, 1.165) is 0 Å². The highest BCUT2D eigenvalue weighted by atomic mass is 16.2. The molecule has 0 saturated carbocycles. The average Bonchev–Trinajstić information content (AvgIpc) is 3.04. The number of carbonyl (C=O) groups is 2. The molecule has 0 bridgehead atoms. The van der Waals surface area contributed by atoms with Crippen molar-refractivity contribution in [1.29, 1.82) is 0 Å². The van der Waals surface area contributed by atoms with Gasteiger partial charge in [-0.15, -0.1) is 5.10 Å². The van der Waals surface area contributed by atoms with Crippen LogP contribution in [0.3, 0.4) is 0 Å². The standard InChI is InChI=1S/C18H19N7O2/c1-3-25-17-15(22-23-25)16(19-10-20-17)24-8-13(9-24)18(27)21-14-6-4-5-12(7-14)11(2)26/h4-7,10,13H,3,8-9H2,1-2H3,(H,21,27). The molecule has 9 nitrogen and oxygen atoms in total. The van der Waals surface area contributed by atoms with Gasteiger partial charge in [-0.3, -0.25) is 9.59 Å². The van der Waals surface area contributed by atoms with Gasteiger partial charge in [-0.05, 0) is 26.0 Å². The molecule has 1 amide bonds. The summed E-state index contributed by atoms with van der Waals surface area (Å²) in [5.74, 6) is 0.433. The van der Waals surface area contributed by atoms with E-state index in [1.165, 1.54) is 13.3 Å². The largest absolute Gasteiger partial charge is 0.353 e. The Hall–Kier alpha value is -3.36. The number of ketones is 1. The summed E-state index contributed by atoms with van der Waals surface area (Å²) < 4.78 is 1.71. The number of Topliss-reactive ketones (excluding diaryl/α,β-unsaturated/α-hetero) is 1. The monoisotopic (exact) mass is 365 g/mol. The third-order valence-electron chi connectivity index (χ3n) is 4.67. The van der Waals surface area contributed by atoms with Gasteiger partial charge in [0.2, 0.25) is 5.91 Å². The molecule has 0 radical (unpaired) electrons. The first-order valence-electron chi connectivity index (χ1n) is 8.78. The number of hydrogen-bond donors (Lipinski definition) is 1. The fourth-order valence-electron chi connectivity index (χ4n) is 3.10. The molecule has 3 heterocycles. The van der Waals surface area contributed by atoms with E-state index in [-0.39, 0.29) is 17.6 Å². The van der Waals surface area contributed by atoms with Crippen molar-refractivity contribution < 1.29 is 9.59 Å². The molecule has 0 unspecified atom stereocenters. The van der Waals surface area contributed by atoms with Crippen molar-refractivity contribution in [2.24, 2.45) is 5.92 Å². The minimum atomic E-state index is -0.155. The molecule has 1 fully saturated rings. The maximum atomic E-state index is 12.5. The summed E-state index contributed by atoms with van der Waals surface area (Å²) in [5.41, 5.74) is 2.54. The van der Waals surface area contributed by atoms with Gasteiger partial charge in [-0.25, -0.2) is 14.6 Å². The zero-order valence-electron chi connectivity index (χ0n) is 15.1. The topological polar surface area (TPSA) is 106 Å². The highest BCUT2D eigenvalue weighted by Gasteiger charge is 2.35. The van der Waals surface area contributed by atoms with E-state index >= 15 is 0 Å². The number of fused-ring (bicyclic) bond motifs is 1. The lowest BCUT2D eigenvalue weighted by atomic mass is 9.99. The number of hydrogen-bond acceptors (Lipinski definition) is 7. The van der Waals surface area contributed by atoms with Crippen molar-refractivity contribution in [3.05, 3.63) is 36.2 Å². The Labute approximate surface area is 155 Å². The van der Waals surface area contributed by atoms with Crippen LogP contribution in [0.4, 0.5) is 11.5 Å². The zero-order chi connectivity index (χ0) is 19.0. The van der Waals surface area contributed by atoms with Gasteiger partial charge in [-0.2, -0.15) is 0 Å². The molecule has 0 spiro atoms. The predicted molar refractivity (Wildman–Crippen MR) is 99.6 cm³/mol. The van der Waals surface area contributed by atoms with E-state index in [0.29, 0.717) is 47.9 Å². The van der Waals surface area contributed by atoms with Gasteiger partial charge in [0.15, 0.2) is 22.8 Å². The number of nitrogens with one attached hydrogen (secondary N) is 1. The van der Waals surface area contributed by atoms with E-state index in [4.69, 9.17) is 0 Å². The summed E-state index contributed by atoms with van der Waals surface area (Å²) >= 11 is 0. The Morgan fingerprint density at radius 1 is 1.26 bits per heavy atom. The second-order valence-corrected chi connectivity index (χ2v) is 6.50. The van der Waals surface area contributed by atoms with Crippen molar-refractivity contribution in [3.63, 3.8) is 0 Å².